The van der Waals surface area contributed by atoms with Crippen LogP contribution in [0, 0.1) is 5.92 Å². The molecule has 6 nitrogen and oxygen atoms in total. The summed E-state index contributed by atoms with van der Waals surface area (Å²) in [5.41, 5.74) is -0.435. The second-order valence-corrected chi connectivity index (χ2v) is 6.01. The minimum Gasteiger partial charge on any atom is -0.354 e. The van der Waals surface area contributed by atoms with E-state index in [9.17, 15) is 14.4 Å². The van der Waals surface area contributed by atoms with E-state index in [2.05, 4.69) is 10.6 Å². The molecule has 1 aromatic carbocycles. The van der Waals surface area contributed by atoms with Crippen molar-refractivity contribution in [1.29, 1.82) is 0 Å². The Balaban J connectivity index is 2.11. The van der Waals surface area contributed by atoms with Gasteiger partial charge in [-0.1, -0.05) is 44.2 Å². The first-order chi connectivity index (χ1) is 10.3. The first-order valence-electron chi connectivity index (χ1n) is 7.31. The van der Waals surface area contributed by atoms with Gasteiger partial charge in [-0.15, -0.1) is 0 Å². The Bertz CT molecular complexity index is 586. The summed E-state index contributed by atoms with van der Waals surface area (Å²) >= 11 is 0. The molecule has 0 aliphatic carbocycles. The third kappa shape index (κ3) is 3.10. The molecule has 0 radical (unpaired) electrons. The Labute approximate surface area is 129 Å². The van der Waals surface area contributed by atoms with Crippen LogP contribution in [0.15, 0.2) is 30.3 Å². The second-order valence-electron chi connectivity index (χ2n) is 6.01. The molecular weight excluding hydrogens is 282 g/mol. The Kier molecular flexibility index (Phi) is 4.49. The van der Waals surface area contributed by atoms with Gasteiger partial charge < -0.3 is 10.6 Å². The van der Waals surface area contributed by atoms with Crippen LogP contribution in [0.5, 0.6) is 0 Å². The van der Waals surface area contributed by atoms with Gasteiger partial charge in [0.1, 0.15) is 12.1 Å². The summed E-state index contributed by atoms with van der Waals surface area (Å²) in [6, 6.07) is 8.46. The normalized spacial score (nSPS) is 21.2. The molecule has 1 atom stereocenters. The Morgan fingerprint density at radius 3 is 2.50 bits per heavy atom. The topological polar surface area (TPSA) is 78.5 Å². The zero-order valence-electron chi connectivity index (χ0n) is 13.1. The molecule has 1 heterocycles. The summed E-state index contributed by atoms with van der Waals surface area (Å²) in [4.78, 5) is 37.5. The van der Waals surface area contributed by atoms with Gasteiger partial charge in [0.25, 0.3) is 5.91 Å². The van der Waals surface area contributed by atoms with Gasteiger partial charge in [-0.05, 0) is 18.4 Å². The number of amides is 4. The highest BCUT2D eigenvalue weighted by molar-refractivity contribution is 6.09. The van der Waals surface area contributed by atoms with Gasteiger partial charge in [0, 0.05) is 6.54 Å². The number of benzene rings is 1. The van der Waals surface area contributed by atoms with E-state index in [1.165, 1.54) is 0 Å². The molecule has 4 amide bonds. The third-order valence-electron chi connectivity index (χ3n) is 3.64. The van der Waals surface area contributed by atoms with E-state index in [1.54, 1.807) is 31.2 Å². The van der Waals surface area contributed by atoms with Gasteiger partial charge in [-0.2, -0.15) is 0 Å². The highest BCUT2D eigenvalue weighted by Crippen LogP contribution is 2.28. The van der Waals surface area contributed by atoms with E-state index in [4.69, 9.17) is 0 Å². The molecule has 0 spiro atoms. The lowest BCUT2D eigenvalue weighted by Gasteiger charge is -2.22. The number of carbonyl (C=O) groups excluding carboxylic acids is 3. The molecule has 1 aliphatic rings. The highest BCUT2D eigenvalue weighted by atomic mass is 16.2. The number of hydrogen-bond acceptors (Lipinski definition) is 3. The zero-order valence-corrected chi connectivity index (χ0v) is 13.1. The smallest absolute Gasteiger partial charge is 0.325 e. The molecule has 0 bridgehead atoms. The van der Waals surface area contributed by atoms with Crippen LogP contribution in [0.4, 0.5) is 4.79 Å². The summed E-state index contributed by atoms with van der Waals surface area (Å²) in [5.74, 6) is -0.445. The second kappa shape index (κ2) is 6.17. The van der Waals surface area contributed by atoms with Gasteiger partial charge >= 0.3 is 6.03 Å². The van der Waals surface area contributed by atoms with E-state index in [0.29, 0.717) is 18.0 Å². The quantitative estimate of drug-likeness (QED) is 0.803. The monoisotopic (exact) mass is 303 g/mol. The zero-order chi connectivity index (χ0) is 16.3. The molecule has 0 unspecified atom stereocenters. The molecule has 0 saturated carbocycles. The third-order valence-corrected chi connectivity index (χ3v) is 3.64. The van der Waals surface area contributed by atoms with Crippen molar-refractivity contribution in [2.24, 2.45) is 5.92 Å². The molecule has 1 aromatic rings. The maximum Gasteiger partial charge on any atom is 0.325 e. The van der Waals surface area contributed by atoms with Crippen molar-refractivity contribution in [2.45, 2.75) is 26.3 Å². The van der Waals surface area contributed by atoms with E-state index in [-0.39, 0.29) is 12.5 Å². The van der Waals surface area contributed by atoms with Crippen LogP contribution in [0.2, 0.25) is 0 Å². The van der Waals surface area contributed by atoms with Crippen molar-refractivity contribution in [1.82, 2.24) is 15.5 Å². The average Bonchev–Trinajstić information content (AvgIpc) is 2.70. The molecule has 2 rings (SSSR count). The minimum absolute atomic E-state index is 0.264. The van der Waals surface area contributed by atoms with Crippen molar-refractivity contribution < 1.29 is 14.4 Å². The predicted octanol–water partition coefficient (Wildman–Crippen LogP) is 1.23. The van der Waals surface area contributed by atoms with E-state index < -0.39 is 17.5 Å². The van der Waals surface area contributed by atoms with Gasteiger partial charge in [-0.3, -0.25) is 14.5 Å². The van der Waals surface area contributed by atoms with Crippen molar-refractivity contribution in [2.75, 3.05) is 13.1 Å². The highest BCUT2D eigenvalue weighted by Gasteiger charge is 2.49. The van der Waals surface area contributed by atoms with E-state index >= 15 is 0 Å². The van der Waals surface area contributed by atoms with Crippen molar-refractivity contribution in [3.05, 3.63) is 35.9 Å². The molecule has 6 heteroatoms. The summed E-state index contributed by atoms with van der Waals surface area (Å²) in [6.45, 7) is 5.84. The molecule has 1 fully saturated rings. The Morgan fingerprint density at radius 1 is 1.27 bits per heavy atom. The van der Waals surface area contributed by atoms with Crippen molar-refractivity contribution in [3.63, 3.8) is 0 Å². The summed E-state index contributed by atoms with van der Waals surface area (Å²) in [6.07, 6.45) is 0. The molecule has 22 heavy (non-hydrogen) atoms. The lowest BCUT2D eigenvalue weighted by atomic mass is 9.92. The first-order valence-corrected chi connectivity index (χ1v) is 7.31. The van der Waals surface area contributed by atoms with Gasteiger partial charge in [0.15, 0.2) is 0 Å². The molecule has 118 valence electrons. The minimum atomic E-state index is -1.13. The lowest BCUT2D eigenvalue weighted by molar-refractivity contribution is -0.134. The molecule has 1 saturated heterocycles. The van der Waals surface area contributed by atoms with Gasteiger partial charge in [0.05, 0.1) is 0 Å². The van der Waals surface area contributed by atoms with Gasteiger partial charge in [-0.25, -0.2) is 4.79 Å². The van der Waals surface area contributed by atoms with E-state index in [0.717, 1.165) is 4.90 Å². The Morgan fingerprint density at radius 2 is 1.91 bits per heavy atom. The summed E-state index contributed by atoms with van der Waals surface area (Å²) in [7, 11) is 0. The average molecular weight is 303 g/mol. The number of carbonyl (C=O) groups is 3. The fraction of sp³-hybridized carbons (Fsp3) is 0.438. The summed E-state index contributed by atoms with van der Waals surface area (Å²) < 4.78 is 0. The SMILES string of the molecule is CC(C)CNC(=O)CN1C(=O)N[C@@](C)(c2ccccc2)C1=O. The molecule has 2 N–H and O–H groups in total. The van der Waals surface area contributed by atoms with Crippen LogP contribution in [0.1, 0.15) is 26.3 Å². The number of urea groups is 1. The molecule has 0 aromatic heterocycles. The van der Waals surface area contributed by atoms with Crippen LogP contribution >= 0.6 is 0 Å². The predicted molar refractivity (Wildman–Crippen MR) is 81.9 cm³/mol. The molecular formula is C16H21N3O3. The number of imide groups is 1. The van der Waals surface area contributed by atoms with Crippen LogP contribution in [-0.4, -0.2) is 35.8 Å². The summed E-state index contributed by atoms with van der Waals surface area (Å²) in [5, 5.41) is 5.38. The van der Waals surface area contributed by atoms with Crippen LogP contribution in [0.3, 0.4) is 0 Å². The maximum atomic E-state index is 12.6. The maximum absolute atomic E-state index is 12.6. The fourth-order valence-electron chi connectivity index (χ4n) is 2.33. The van der Waals surface area contributed by atoms with Crippen molar-refractivity contribution >= 4 is 17.8 Å². The largest absolute Gasteiger partial charge is 0.354 e. The number of nitrogens with one attached hydrogen (secondary N) is 2. The van der Waals surface area contributed by atoms with Crippen LogP contribution in [0.25, 0.3) is 0 Å². The van der Waals surface area contributed by atoms with Crippen molar-refractivity contribution in [3.8, 4) is 0 Å². The van der Waals surface area contributed by atoms with E-state index in [1.807, 2.05) is 19.9 Å². The Hall–Kier alpha value is -2.37. The number of hydrogen-bond donors (Lipinski definition) is 2. The number of rotatable bonds is 5. The lowest BCUT2D eigenvalue weighted by Crippen LogP contribution is -2.43. The first kappa shape index (κ1) is 16.0. The standard InChI is InChI=1S/C16H21N3O3/c1-11(2)9-17-13(20)10-19-14(21)16(3,18-15(19)22)12-7-5-4-6-8-12/h4-8,11H,9-10H2,1-3H3,(H,17,20)(H,18,22)/t16-/m0/s1. The molecule has 1 aliphatic heterocycles. The fourth-order valence-corrected chi connectivity index (χ4v) is 2.33. The van der Waals surface area contributed by atoms with Gasteiger partial charge in [0.2, 0.25) is 5.91 Å². The van der Waals surface area contributed by atoms with Crippen LogP contribution in [-0.2, 0) is 15.1 Å². The number of nitrogens with zero attached hydrogens (tertiary/aromatic N) is 1. The van der Waals surface area contributed by atoms with Crippen LogP contribution < -0.4 is 10.6 Å².